The van der Waals surface area contributed by atoms with Gasteiger partial charge in [0.25, 0.3) is 5.91 Å². The summed E-state index contributed by atoms with van der Waals surface area (Å²) < 4.78 is 30.9. The molecular formula is C22H24N4O4S. The van der Waals surface area contributed by atoms with Gasteiger partial charge in [0.2, 0.25) is 0 Å². The quantitative estimate of drug-likeness (QED) is 0.630. The van der Waals surface area contributed by atoms with Gasteiger partial charge in [-0.15, -0.1) is 0 Å². The number of hydrogen-bond acceptors (Lipinski definition) is 6. The predicted molar refractivity (Wildman–Crippen MR) is 112 cm³/mol. The Labute approximate surface area is 180 Å². The lowest BCUT2D eigenvalue weighted by Gasteiger charge is -2.30. The highest BCUT2D eigenvalue weighted by Gasteiger charge is 2.32. The topological polar surface area (TPSA) is 109 Å². The zero-order valence-electron chi connectivity index (χ0n) is 17.0. The summed E-state index contributed by atoms with van der Waals surface area (Å²) in [5.74, 6) is 2.14. The third kappa shape index (κ3) is 4.14. The minimum atomic E-state index is -3.56. The summed E-state index contributed by atoms with van der Waals surface area (Å²) in [5, 5.41) is 7.40. The predicted octanol–water partition coefficient (Wildman–Crippen LogP) is 3.27. The summed E-state index contributed by atoms with van der Waals surface area (Å²) in [5.41, 5.74) is 0.389. The van der Waals surface area contributed by atoms with E-state index >= 15 is 0 Å². The van der Waals surface area contributed by atoms with E-state index in [9.17, 15) is 13.2 Å². The van der Waals surface area contributed by atoms with Crippen molar-refractivity contribution in [3.05, 3.63) is 65.6 Å². The van der Waals surface area contributed by atoms with E-state index in [0.717, 1.165) is 37.3 Å². The Bertz CT molecular complexity index is 1170. The van der Waals surface area contributed by atoms with Crippen LogP contribution < -0.4 is 0 Å². The molecule has 2 aromatic heterocycles. The number of amides is 1. The smallest absolute Gasteiger partial charge is 0.289 e. The van der Waals surface area contributed by atoms with E-state index in [4.69, 9.17) is 4.42 Å². The average molecular weight is 441 g/mol. The maximum absolute atomic E-state index is 13.1. The number of sulfone groups is 1. The van der Waals surface area contributed by atoms with Gasteiger partial charge in [-0.2, -0.15) is 5.10 Å². The number of piperidine rings is 1. The molecular weight excluding hydrogens is 416 g/mol. The third-order valence-corrected chi connectivity index (χ3v) is 7.70. The van der Waals surface area contributed by atoms with Crippen LogP contribution >= 0.6 is 0 Å². The Morgan fingerprint density at radius 1 is 1.06 bits per heavy atom. The lowest BCUT2D eigenvalue weighted by atomic mass is 9.96. The van der Waals surface area contributed by atoms with Gasteiger partial charge in [-0.1, -0.05) is 18.2 Å². The first-order chi connectivity index (χ1) is 15.0. The number of rotatable bonds is 6. The molecule has 0 bridgehead atoms. The fourth-order valence-electron chi connectivity index (χ4n) is 4.05. The SMILES string of the molecule is O=C(c1occc1CS(=O)(=O)c1ccccc1)N1CCC(c2nc(C3CC3)n[nH]2)CC1. The number of H-pyrrole nitrogens is 1. The van der Waals surface area contributed by atoms with Crippen LogP contribution in [-0.4, -0.2) is 47.5 Å². The van der Waals surface area contributed by atoms with Gasteiger partial charge in [0.15, 0.2) is 21.4 Å². The summed E-state index contributed by atoms with van der Waals surface area (Å²) in [6, 6.07) is 9.80. The monoisotopic (exact) mass is 440 g/mol. The molecule has 3 aromatic rings. The molecule has 1 saturated heterocycles. The molecule has 3 heterocycles. The number of nitrogens with zero attached hydrogens (tertiary/aromatic N) is 3. The number of nitrogens with one attached hydrogen (secondary N) is 1. The molecule has 2 aliphatic rings. The minimum Gasteiger partial charge on any atom is -0.459 e. The molecule has 0 radical (unpaired) electrons. The van der Waals surface area contributed by atoms with Crippen molar-refractivity contribution in [1.29, 1.82) is 0 Å². The van der Waals surface area contributed by atoms with Gasteiger partial charge >= 0.3 is 0 Å². The summed E-state index contributed by atoms with van der Waals surface area (Å²) in [7, 11) is -3.56. The van der Waals surface area contributed by atoms with Crippen molar-refractivity contribution in [2.45, 2.75) is 48.2 Å². The van der Waals surface area contributed by atoms with Crippen LogP contribution in [0.3, 0.4) is 0 Å². The normalized spacial score (nSPS) is 17.7. The molecule has 5 rings (SSSR count). The fourth-order valence-corrected chi connectivity index (χ4v) is 5.42. The van der Waals surface area contributed by atoms with E-state index in [2.05, 4.69) is 15.2 Å². The van der Waals surface area contributed by atoms with Crippen molar-refractivity contribution in [1.82, 2.24) is 20.1 Å². The highest BCUT2D eigenvalue weighted by atomic mass is 32.2. The first kappa shape index (κ1) is 20.0. The molecule has 162 valence electrons. The van der Waals surface area contributed by atoms with Crippen molar-refractivity contribution in [3.8, 4) is 0 Å². The Kier molecular flexibility index (Phi) is 5.13. The van der Waals surface area contributed by atoms with Gasteiger partial charge in [-0.3, -0.25) is 9.89 Å². The largest absolute Gasteiger partial charge is 0.459 e. The van der Waals surface area contributed by atoms with Gasteiger partial charge < -0.3 is 9.32 Å². The first-order valence-corrected chi connectivity index (χ1v) is 12.2. The Morgan fingerprint density at radius 2 is 1.81 bits per heavy atom. The Hall–Kier alpha value is -2.94. The van der Waals surface area contributed by atoms with E-state index in [1.165, 1.54) is 6.26 Å². The average Bonchev–Trinajstić information content (AvgIpc) is 3.34. The van der Waals surface area contributed by atoms with Crippen molar-refractivity contribution >= 4 is 15.7 Å². The number of likely N-dealkylation sites (tertiary alicyclic amines) is 1. The van der Waals surface area contributed by atoms with E-state index < -0.39 is 9.84 Å². The Balaban J connectivity index is 1.25. The molecule has 1 saturated carbocycles. The van der Waals surface area contributed by atoms with Crippen LogP contribution in [0, 0.1) is 0 Å². The van der Waals surface area contributed by atoms with Crippen molar-refractivity contribution in [2.75, 3.05) is 13.1 Å². The second kappa shape index (κ2) is 7.96. The molecule has 8 nitrogen and oxygen atoms in total. The molecule has 1 aliphatic carbocycles. The second-order valence-corrected chi connectivity index (χ2v) is 10.3. The molecule has 2 fully saturated rings. The summed E-state index contributed by atoms with van der Waals surface area (Å²) >= 11 is 0. The molecule has 31 heavy (non-hydrogen) atoms. The van der Waals surface area contributed by atoms with E-state index in [1.54, 1.807) is 41.3 Å². The second-order valence-electron chi connectivity index (χ2n) is 8.27. The van der Waals surface area contributed by atoms with Crippen LogP contribution in [-0.2, 0) is 15.6 Å². The van der Waals surface area contributed by atoms with Crippen LogP contribution in [0.5, 0.6) is 0 Å². The zero-order valence-corrected chi connectivity index (χ0v) is 17.8. The fraction of sp³-hybridized carbons (Fsp3) is 0.409. The number of aromatic amines is 1. The van der Waals surface area contributed by atoms with Gasteiger partial charge in [0.05, 0.1) is 16.9 Å². The molecule has 0 unspecified atom stereocenters. The van der Waals surface area contributed by atoms with E-state index in [1.807, 2.05) is 0 Å². The van der Waals surface area contributed by atoms with Crippen LogP contribution in [0.4, 0.5) is 0 Å². The number of carbonyl (C=O) groups is 1. The number of furan rings is 1. The third-order valence-electron chi connectivity index (χ3n) is 6.02. The number of benzene rings is 1. The molecule has 0 spiro atoms. The van der Waals surface area contributed by atoms with Gasteiger partial charge in [0.1, 0.15) is 5.82 Å². The van der Waals surface area contributed by atoms with Crippen LogP contribution in [0.1, 0.15) is 65.3 Å². The number of hydrogen-bond donors (Lipinski definition) is 1. The first-order valence-electron chi connectivity index (χ1n) is 10.6. The van der Waals surface area contributed by atoms with Gasteiger partial charge in [-0.25, -0.2) is 13.4 Å². The lowest BCUT2D eigenvalue weighted by molar-refractivity contribution is 0.0678. The Morgan fingerprint density at radius 3 is 2.52 bits per heavy atom. The van der Waals surface area contributed by atoms with Crippen molar-refractivity contribution in [3.63, 3.8) is 0 Å². The molecule has 1 aromatic carbocycles. The molecule has 1 aliphatic heterocycles. The number of carbonyl (C=O) groups excluding carboxylic acids is 1. The lowest BCUT2D eigenvalue weighted by Crippen LogP contribution is -2.38. The molecule has 9 heteroatoms. The zero-order chi connectivity index (χ0) is 21.4. The maximum atomic E-state index is 13.1. The van der Waals surface area contributed by atoms with E-state index in [-0.39, 0.29) is 28.2 Å². The van der Waals surface area contributed by atoms with Gasteiger partial charge in [-0.05, 0) is 43.9 Å². The molecule has 0 atom stereocenters. The van der Waals surface area contributed by atoms with Crippen LogP contribution in [0.25, 0.3) is 0 Å². The van der Waals surface area contributed by atoms with Crippen molar-refractivity contribution in [2.24, 2.45) is 0 Å². The standard InChI is InChI=1S/C22H24N4O4S/c27-22(19-17(10-13-30-19)14-31(28,29)18-4-2-1-3-5-18)26-11-8-16(9-12-26)21-23-20(24-25-21)15-6-7-15/h1-5,10,13,15-16H,6-9,11-12,14H2,(H,23,24,25). The van der Waals surface area contributed by atoms with Gasteiger partial charge in [0, 0.05) is 30.5 Å². The molecule has 1 amide bonds. The highest BCUT2D eigenvalue weighted by molar-refractivity contribution is 7.90. The summed E-state index contributed by atoms with van der Waals surface area (Å²) in [4.78, 5) is 19.7. The number of aromatic nitrogens is 3. The van der Waals surface area contributed by atoms with Crippen molar-refractivity contribution < 1.29 is 17.6 Å². The summed E-state index contributed by atoms with van der Waals surface area (Å²) in [6.07, 6.45) is 5.27. The highest BCUT2D eigenvalue weighted by Crippen LogP contribution is 2.38. The van der Waals surface area contributed by atoms with Crippen LogP contribution in [0.2, 0.25) is 0 Å². The molecule has 1 N–H and O–H groups in total. The van der Waals surface area contributed by atoms with Crippen LogP contribution in [0.15, 0.2) is 52.0 Å². The maximum Gasteiger partial charge on any atom is 0.289 e. The summed E-state index contributed by atoms with van der Waals surface area (Å²) in [6.45, 7) is 1.13. The minimum absolute atomic E-state index is 0.105. The van der Waals surface area contributed by atoms with E-state index in [0.29, 0.717) is 24.6 Å².